The summed E-state index contributed by atoms with van der Waals surface area (Å²) in [6.07, 6.45) is 0.774. The number of nitrogens with zero attached hydrogens (tertiary/aromatic N) is 4. The van der Waals surface area contributed by atoms with E-state index in [-0.39, 0.29) is 6.04 Å². The fourth-order valence-electron chi connectivity index (χ4n) is 3.92. The van der Waals surface area contributed by atoms with Gasteiger partial charge in [-0.15, -0.1) is 10.2 Å². The van der Waals surface area contributed by atoms with Crippen LogP contribution in [0, 0.1) is 0 Å². The van der Waals surface area contributed by atoms with Crippen LogP contribution in [-0.4, -0.2) is 39.3 Å². The van der Waals surface area contributed by atoms with Gasteiger partial charge in [-0.3, -0.25) is 0 Å². The molecule has 34 heavy (non-hydrogen) atoms. The average Bonchev–Trinajstić information content (AvgIpc) is 3.44. The standard InChI is InChI=1S/C26H25N7O/c1-34-20-12-10-18(11-13-20)24-16-25(21-4-2-3-5-23(21)29-24)28-15-14-22(27)17-6-8-19(9-7-17)26-30-32-33-31-26/h2-13,16,22H,14-15,27H2,1H3,(H,28,29)(H,30,31,32,33). The number of H-pyrrole nitrogens is 1. The summed E-state index contributed by atoms with van der Waals surface area (Å²) in [5, 5.41) is 18.7. The number of ether oxygens (including phenoxy) is 1. The van der Waals surface area contributed by atoms with Crippen LogP contribution in [0.2, 0.25) is 0 Å². The average molecular weight is 452 g/mol. The Morgan fingerprint density at radius 3 is 2.47 bits per heavy atom. The Bertz CT molecular complexity index is 1370. The molecule has 0 saturated carbocycles. The fourth-order valence-corrected chi connectivity index (χ4v) is 3.92. The molecule has 2 heterocycles. The Morgan fingerprint density at radius 1 is 0.971 bits per heavy atom. The van der Waals surface area contributed by atoms with E-state index in [0.717, 1.165) is 57.7 Å². The van der Waals surface area contributed by atoms with Gasteiger partial charge in [0.1, 0.15) is 5.75 Å². The van der Waals surface area contributed by atoms with E-state index < -0.39 is 0 Å². The number of pyridine rings is 1. The molecule has 0 radical (unpaired) electrons. The minimum absolute atomic E-state index is 0.0963. The van der Waals surface area contributed by atoms with E-state index in [0.29, 0.717) is 5.82 Å². The van der Waals surface area contributed by atoms with Crippen molar-refractivity contribution in [3.63, 3.8) is 0 Å². The summed E-state index contributed by atoms with van der Waals surface area (Å²) in [7, 11) is 1.66. The zero-order chi connectivity index (χ0) is 23.3. The number of anilines is 1. The van der Waals surface area contributed by atoms with E-state index in [1.807, 2.05) is 66.7 Å². The second-order valence-corrected chi connectivity index (χ2v) is 7.98. The molecule has 5 aromatic rings. The molecule has 3 aromatic carbocycles. The molecule has 0 saturated heterocycles. The summed E-state index contributed by atoms with van der Waals surface area (Å²) < 4.78 is 5.28. The highest BCUT2D eigenvalue weighted by molar-refractivity contribution is 5.93. The van der Waals surface area contributed by atoms with E-state index in [1.165, 1.54) is 0 Å². The van der Waals surface area contributed by atoms with Gasteiger partial charge < -0.3 is 15.8 Å². The maximum atomic E-state index is 6.47. The predicted octanol–water partition coefficient (Wildman–Crippen LogP) is 4.59. The van der Waals surface area contributed by atoms with Gasteiger partial charge in [0, 0.05) is 34.8 Å². The summed E-state index contributed by atoms with van der Waals surface area (Å²) in [5.74, 6) is 1.39. The molecule has 0 spiro atoms. The van der Waals surface area contributed by atoms with Gasteiger partial charge in [0.25, 0.3) is 0 Å². The molecule has 0 amide bonds. The second kappa shape index (κ2) is 9.68. The summed E-state index contributed by atoms with van der Waals surface area (Å²) in [4.78, 5) is 4.86. The molecule has 2 aromatic heterocycles. The Labute approximate surface area is 197 Å². The monoisotopic (exact) mass is 451 g/mol. The van der Waals surface area contributed by atoms with Crippen LogP contribution in [0.15, 0.2) is 78.9 Å². The van der Waals surface area contributed by atoms with Gasteiger partial charge in [0.2, 0.25) is 5.82 Å². The van der Waals surface area contributed by atoms with Gasteiger partial charge in [0.05, 0.1) is 18.3 Å². The number of tetrazole rings is 1. The number of hydrogen-bond donors (Lipinski definition) is 3. The molecule has 4 N–H and O–H groups in total. The molecule has 5 rings (SSSR count). The molecular weight excluding hydrogens is 426 g/mol. The number of fused-ring (bicyclic) bond motifs is 1. The van der Waals surface area contributed by atoms with E-state index in [9.17, 15) is 0 Å². The molecule has 170 valence electrons. The number of nitrogens with two attached hydrogens (primary N) is 1. The molecular formula is C26H25N7O. The Morgan fingerprint density at radius 2 is 1.74 bits per heavy atom. The molecule has 8 heteroatoms. The van der Waals surface area contributed by atoms with Crippen LogP contribution in [0.1, 0.15) is 18.0 Å². The van der Waals surface area contributed by atoms with E-state index in [1.54, 1.807) is 7.11 Å². The minimum Gasteiger partial charge on any atom is -0.497 e. The third-order valence-corrected chi connectivity index (χ3v) is 5.82. The first-order valence-corrected chi connectivity index (χ1v) is 11.1. The lowest BCUT2D eigenvalue weighted by Crippen LogP contribution is -2.15. The smallest absolute Gasteiger partial charge is 0.204 e. The van der Waals surface area contributed by atoms with Crippen LogP contribution in [-0.2, 0) is 0 Å². The number of aromatic nitrogens is 5. The van der Waals surface area contributed by atoms with Crippen molar-refractivity contribution in [2.24, 2.45) is 5.73 Å². The fraction of sp³-hybridized carbons (Fsp3) is 0.154. The van der Waals surface area contributed by atoms with Crippen molar-refractivity contribution in [3.8, 4) is 28.4 Å². The molecule has 1 unspecified atom stereocenters. The van der Waals surface area contributed by atoms with Crippen molar-refractivity contribution in [3.05, 3.63) is 84.4 Å². The number of benzene rings is 3. The highest BCUT2D eigenvalue weighted by atomic mass is 16.5. The van der Waals surface area contributed by atoms with Crippen LogP contribution in [0.25, 0.3) is 33.5 Å². The summed E-state index contributed by atoms with van der Waals surface area (Å²) in [5.41, 5.74) is 12.4. The van der Waals surface area contributed by atoms with Crippen molar-refractivity contribution >= 4 is 16.6 Å². The van der Waals surface area contributed by atoms with Gasteiger partial charge in [-0.1, -0.05) is 42.5 Å². The molecule has 1 atom stereocenters. The minimum atomic E-state index is -0.0963. The van der Waals surface area contributed by atoms with Crippen molar-refractivity contribution in [2.45, 2.75) is 12.5 Å². The highest BCUT2D eigenvalue weighted by Crippen LogP contribution is 2.29. The first kappa shape index (κ1) is 21.5. The number of nitrogens with one attached hydrogen (secondary N) is 2. The summed E-state index contributed by atoms with van der Waals surface area (Å²) in [6.45, 7) is 0.726. The van der Waals surface area contributed by atoms with Crippen molar-refractivity contribution < 1.29 is 4.74 Å². The molecule has 0 aliphatic heterocycles. The van der Waals surface area contributed by atoms with Crippen molar-refractivity contribution in [1.82, 2.24) is 25.6 Å². The lowest BCUT2D eigenvalue weighted by molar-refractivity contribution is 0.415. The number of para-hydroxylation sites is 1. The normalized spacial score (nSPS) is 11.9. The Kier molecular flexibility index (Phi) is 6.13. The van der Waals surface area contributed by atoms with Crippen LogP contribution < -0.4 is 15.8 Å². The second-order valence-electron chi connectivity index (χ2n) is 7.98. The third-order valence-electron chi connectivity index (χ3n) is 5.82. The lowest BCUT2D eigenvalue weighted by Gasteiger charge is -2.16. The molecule has 8 nitrogen and oxygen atoms in total. The quantitative estimate of drug-likeness (QED) is 0.316. The van der Waals surface area contributed by atoms with Crippen LogP contribution >= 0.6 is 0 Å². The third kappa shape index (κ3) is 4.57. The highest BCUT2D eigenvalue weighted by Gasteiger charge is 2.11. The van der Waals surface area contributed by atoms with Crippen molar-refractivity contribution in [1.29, 1.82) is 0 Å². The number of aromatic amines is 1. The molecule has 0 bridgehead atoms. The van der Waals surface area contributed by atoms with Gasteiger partial charge in [-0.05, 0) is 53.6 Å². The topological polar surface area (TPSA) is 115 Å². The van der Waals surface area contributed by atoms with Crippen LogP contribution in [0.4, 0.5) is 5.69 Å². The van der Waals surface area contributed by atoms with Gasteiger partial charge in [0.15, 0.2) is 0 Å². The summed E-state index contributed by atoms with van der Waals surface area (Å²) in [6, 6.07) is 26.0. The molecule has 0 aliphatic rings. The maximum Gasteiger partial charge on any atom is 0.204 e. The first-order chi connectivity index (χ1) is 16.7. The van der Waals surface area contributed by atoms with Crippen LogP contribution in [0.3, 0.4) is 0 Å². The lowest BCUT2D eigenvalue weighted by atomic mass is 10.0. The zero-order valence-corrected chi connectivity index (χ0v) is 18.8. The largest absolute Gasteiger partial charge is 0.497 e. The van der Waals surface area contributed by atoms with Gasteiger partial charge in [-0.25, -0.2) is 4.98 Å². The first-order valence-electron chi connectivity index (χ1n) is 11.1. The number of rotatable bonds is 8. The van der Waals surface area contributed by atoms with Crippen LogP contribution in [0.5, 0.6) is 5.75 Å². The van der Waals surface area contributed by atoms with Gasteiger partial charge in [-0.2, -0.15) is 5.21 Å². The molecule has 0 fully saturated rings. The van der Waals surface area contributed by atoms with E-state index in [2.05, 4.69) is 38.1 Å². The Hall–Kier alpha value is -4.30. The zero-order valence-electron chi connectivity index (χ0n) is 18.8. The van der Waals surface area contributed by atoms with Crippen molar-refractivity contribution in [2.75, 3.05) is 19.0 Å². The summed E-state index contributed by atoms with van der Waals surface area (Å²) >= 11 is 0. The SMILES string of the molecule is COc1ccc(-c2cc(NCCC(N)c3ccc(-c4nn[nH]n4)cc3)c3ccccc3n2)cc1. The number of methoxy groups -OCH3 is 1. The van der Waals surface area contributed by atoms with E-state index in [4.69, 9.17) is 15.5 Å². The predicted molar refractivity (Wildman–Crippen MR) is 133 cm³/mol. The maximum absolute atomic E-state index is 6.47. The van der Waals surface area contributed by atoms with E-state index >= 15 is 0 Å². The molecule has 0 aliphatic carbocycles. The number of hydrogen-bond acceptors (Lipinski definition) is 7. The Balaban J connectivity index is 1.31. The van der Waals surface area contributed by atoms with Gasteiger partial charge >= 0.3 is 0 Å².